The summed E-state index contributed by atoms with van der Waals surface area (Å²) in [4.78, 5) is 37.9. The van der Waals surface area contributed by atoms with E-state index in [-0.39, 0.29) is 30.7 Å². The number of carbonyl (C=O) groups is 3. The number of hydrogen-bond donors (Lipinski definition) is 2. The summed E-state index contributed by atoms with van der Waals surface area (Å²) in [6.45, 7) is 3.36. The molecule has 2 aliphatic heterocycles. The van der Waals surface area contributed by atoms with Crippen LogP contribution in [0.4, 0.5) is 0 Å². The Kier molecular flexibility index (Phi) is 7.34. The fraction of sp³-hybridized carbons (Fsp3) is 0.609. The van der Waals surface area contributed by atoms with Gasteiger partial charge in [0.05, 0.1) is 17.9 Å². The molecule has 7 nitrogen and oxygen atoms in total. The van der Waals surface area contributed by atoms with Gasteiger partial charge in [-0.1, -0.05) is 24.6 Å². The van der Waals surface area contributed by atoms with E-state index in [0.29, 0.717) is 32.5 Å². The van der Waals surface area contributed by atoms with E-state index in [9.17, 15) is 14.4 Å². The van der Waals surface area contributed by atoms with Gasteiger partial charge in [0.2, 0.25) is 11.8 Å². The zero-order valence-corrected chi connectivity index (χ0v) is 17.7. The number of para-hydroxylation sites is 1. The number of ether oxygens (including phenoxy) is 1. The van der Waals surface area contributed by atoms with E-state index in [0.717, 1.165) is 31.4 Å². The molecule has 164 valence electrons. The Morgan fingerprint density at radius 2 is 1.90 bits per heavy atom. The predicted molar refractivity (Wildman–Crippen MR) is 112 cm³/mol. The van der Waals surface area contributed by atoms with Crippen molar-refractivity contribution in [2.75, 3.05) is 19.7 Å². The zero-order valence-electron chi connectivity index (χ0n) is 17.7. The van der Waals surface area contributed by atoms with Gasteiger partial charge in [-0.2, -0.15) is 0 Å². The molecule has 30 heavy (non-hydrogen) atoms. The molecule has 2 amide bonds. The van der Waals surface area contributed by atoms with Crippen LogP contribution in [0, 0.1) is 5.41 Å². The fourth-order valence-corrected chi connectivity index (χ4v) is 4.41. The van der Waals surface area contributed by atoms with E-state index in [4.69, 9.17) is 9.84 Å². The van der Waals surface area contributed by atoms with Crippen molar-refractivity contribution < 1.29 is 24.2 Å². The van der Waals surface area contributed by atoms with Crippen molar-refractivity contribution in [3.05, 3.63) is 29.8 Å². The number of carbonyl (C=O) groups excluding carboxylic acids is 2. The Labute approximate surface area is 177 Å². The highest BCUT2D eigenvalue weighted by atomic mass is 16.5. The SMILES string of the molecule is C[C@H]1COc2ccccc2CCCCC2(CCN(C(=O)CCC(=O)O)CC2)C(=O)N1. The highest BCUT2D eigenvalue weighted by Gasteiger charge is 2.42. The Bertz CT molecular complexity index is 771. The van der Waals surface area contributed by atoms with Crippen molar-refractivity contribution in [1.29, 1.82) is 0 Å². The maximum atomic E-state index is 13.2. The molecule has 1 fully saturated rings. The van der Waals surface area contributed by atoms with Crippen molar-refractivity contribution in [2.45, 2.75) is 64.3 Å². The molecule has 2 N–H and O–H groups in total. The summed E-state index contributed by atoms with van der Waals surface area (Å²) < 4.78 is 5.98. The number of aliphatic carboxylic acids is 1. The monoisotopic (exact) mass is 416 g/mol. The first-order valence-corrected chi connectivity index (χ1v) is 10.9. The average Bonchev–Trinajstić information content (AvgIpc) is 2.74. The Morgan fingerprint density at radius 1 is 1.17 bits per heavy atom. The molecule has 2 heterocycles. The summed E-state index contributed by atoms with van der Waals surface area (Å²) in [7, 11) is 0. The van der Waals surface area contributed by atoms with Crippen molar-refractivity contribution in [2.24, 2.45) is 5.41 Å². The molecule has 0 radical (unpaired) electrons. The molecule has 0 bridgehead atoms. The third kappa shape index (κ3) is 5.52. The maximum absolute atomic E-state index is 13.2. The molecule has 0 unspecified atom stereocenters. The molecule has 2 aliphatic rings. The lowest BCUT2D eigenvalue weighted by atomic mass is 9.73. The molecule has 7 heteroatoms. The summed E-state index contributed by atoms with van der Waals surface area (Å²) >= 11 is 0. The largest absolute Gasteiger partial charge is 0.491 e. The second kappa shape index (κ2) is 9.96. The number of carboxylic acid groups (broad SMARTS) is 1. The van der Waals surface area contributed by atoms with Crippen LogP contribution in [0.3, 0.4) is 0 Å². The van der Waals surface area contributed by atoms with Gasteiger partial charge in [-0.15, -0.1) is 0 Å². The van der Waals surface area contributed by atoms with Gasteiger partial charge in [0.25, 0.3) is 0 Å². The molecular weight excluding hydrogens is 384 g/mol. The molecule has 0 saturated carbocycles. The number of nitrogens with zero attached hydrogens (tertiary/aromatic N) is 1. The Morgan fingerprint density at radius 3 is 2.63 bits per heavy atom. The van der Waals surface area contributed by atoms with Crippen molar-refractivity contribution >= 4 is 17.8 Å². The van der Waals surface area contributed by atoms with Crippen LogP contribution in [0.15, 0.2) is 24.3 Å². The topological polar surface area (TPSA) is 95.9 Å². The first-order chi connectivity index (χ1) is 14.4. The average molecular weight is 417 g/mol. The lowest BCUT2D eigenvalue weighted by Crippen LogP contribution is -2.52. The van der Waals surface area contributed by atoms with Crippen LogP contribution in [-0.2, 0) is 20.8 Å². The molecule has 0 aliphatic carbocycles. The molecule has 1 atom stereocenters. The highest BCUT2D eigenvalue weighted by Crippen LogP contribution is 2.38. The van der Waals surface area contributed by atoms with Gasteiger partial charge < -0.3 is 20.1 Å². The van der Waals surface area contributed by atoms with E-state index in [2.05, 4.69) is 11.4 Å². The van der Waals surface area contributed by atoms with Gasteiger partial charge in [0.1, 0.15) is 12.4 Å². The number of rotatable bonds is 3. The number of carboxylic acids is 1. The summed E-state index contributed by atoms with van der Waals surface area (Å²) in [5.74, 6) is -0.167. The van der Waals surface area contributed by atoms with Gasteiger partial charge in [0, 0.05) is 19.5 Å². The zero-order chi connectivity index (χ0) is 21.6. The van der Waals surface area contributed by atoms with E-state index < -0.39 is 11.4 Å². The molecular formula is C23H32N2O5. The van der Waals surface area contributed by atoms with E-state index in [1.807, 2.05) is 25.1 Å². The normalized spacial score (nSPS) is 22.1. The van der Waals surface area contributed by atoms with Gasteiger partial charge in [-0.25, -0.2) is 0 Å². The number of nitrogens with one attached hydrogen (secondary N) is 1. The smallest absolute Gasteiger partial charge is 0.303 e. The number of hydrogen-bond acceptors (Lipinski definition) is 4. The van der Waals surface area contributed by atoms with Crippen molar-refractivity contribution in [3.8, 4) is 5.75 Å². The Balaban J connectivity index is 1.66. The first kappa shape index (κ1) is 22.1. The van der Waals surface area contributed by atoms with Gasteiger partial charge in [-0.3, -0.25) is 14.4 Å². The number of fused-ring (bicyclic) bond motifs is 1. The lowest BCUT2D eigenvalue weighted by molar-refractivity contribution is -0.144. The minimum atomic E-state index is -0.965. The second-order valence-electron chi connectivity index (χ2n) is 8.56. The molecule has 0 aromatic heterocycles. The van der Waals surface area contributed by atoms with Crippen LogP contribution in [0.1, 0.15) is 57.4 Å². The fourth-order valence-electron chi connectivity index (χ4n) is 4.41. The second-order valence-corrected chi connectivity index (χ2v) is 8.56. The van der Waals surface area contributed by atoms with Crippen LogP contribution in [0.2, 0.25) is 0 Å². The lowest BCUT2D eigenvalue weighted by Gasteiger charge is -2.41. The minimum absolute atomic E-state index is 0.0162. The minimum Gasteiger partial charge on any atom is -0.491 e. The van der Waals surface area contributed by atoms with Gasteiger partial charge in [-0.05, 0) is 50.7 Å². The standard InChI is InChI=1S/C23H32N2O5/c1-17-16-30-19-8-3-2-6-18(19)7-4-5-11-23(22(29)24-17)12-14-25(15-13-23)20(26)9-10-21(27)28/h2-3,6,8,17H,4-5,7,9-16H2,1H3,(H,24,29)(H,27,28)/t17-/m0/s1. The third-order valence-electron chi connectivity index (χ3n) is 6.30. The maximum Gasteiger partial charge on any atom is 0.303 e. The van der Waals surface area contributed by atoms with E-state index >= 15 is 0 Å². The number of piperidine rings is 1. The van der Waals surface area contributed by atoms with Crippen molar-refractivity contribution in [3.63, 3.8) is 0 Å². The van der Waals surface area contributed by atoms with Crippen LogP contribution >= 0.6 is 0 Å². The number of likely N-dealkylation sites (tertiary alicyclic amines) is 1. The quantitative estimate of drug-likeness (QED) is 0.790. The Hall–Kier alpha value is -2.57. The molecule has 1 saturated heterocycles. The predicted octanol–water partition coefficient (Wildman–Crippen LogP) is 2.77. The molecule has 1 aromatic carbocycles. The first-order valence-electron chi connectivity index (χ1n) is 10.9. The van der Waals surface area contributed by atoms with Crippen molar-refractivity contribution in [1.82, 2.24) is 10.2 Å². The van der Waals surface area contributed by atoms with Gasteiger partial charge >= 0.3 is 5.97 Å². The molecule has 3 rings (SSSR count). The van der Waals surface area contributed by atoms with Crippen LogP contribution in [-0.4, -0.2) is 53.5 Å². The summed E-state index contributed by atoms with van der Waals surface area (Å²) in [6.07, 6.45) is 4.72. The van der Waals surface area contributed by atoms with E-state index in [1.54, 1.807) is 4.90 Å². The van der Waals surface area contributed by atoms with Crippen LogP contribution < -0.4 is 10.1 Å². The summed E-state index contributed by atoms with van der Waals surface area (Å²) in [6, 6.07) is 7.96. The van der Waals surface area contributed by atoms with Gasteiger partial charge in [0.15, 0.2) is 0 Å². The van der Waals surface area contributed by atoms with Crippen LogP contribution in [0.5, 0.6) is 5.75 Å². The summed E-state index contributed by atoms with van der Waals surface area (Å²) in [5, 5.41) is 11.9. The molecule has 1 aromatic rings. The molecule has 1 spiro atoms. The van der Waals surface area contributed by atoms with Crippen LogP contribution in [0.25, 0.3) is 0 Å². The van der Waals surface area contributed by atoms with E-state index in [1.165, 1.54) is 5.56 Å². The number of benzene rings is 1. The summed E-state index contributed by atoms with van der Waals surface area (Å²) in [5.41, 5.74) is 0.723. The highest BCUT2D eigenvalue weighted by molar-refractivity contribution is 5.84. The number of amides is 2. The number of aryl methyl sites for hydroxylation is 1. The third-order valence-corrected chi connectivity index (χ3v) is 6.30.